The number of amides is 1. The van der Waals surface area contributed by atoms with Crippen molar-refractivity contribution in [1.82, 2.24) is 15.1 Å². The van der Waals surface area contributed by atoms with Crippen LogP contribution >= 0.6 is 0 Å². The largest absolute Gasteiger partial charge is 0.497 e. The molecule has 0 saturated carbocycles. The summed E-state index contributed by atoms with van der Waals surface area (Å²) in [4.78, 5) is 22.6. The maximum atomic E-state index is 12.4. The maximum Gasteiger partial charge on any atom is 0.232 e. The smallest absolute Gasteiger partial charge is 0.232 e. The molecule has 1 atom stereocenters. The number of carbonyl (C=O) groups excluding carboxylic acids is 1. The average molecular weight is 336 g/mol. The molecule has 1 aliphatic heterocycles. The first-order valence-electron chi connectivity index (χ1n) is 7.93. The van der Waals surface area contributed by atoms with Gasteiger partial charge in [0.25, 0.3) is 0 Å². The standard InChI is InChI=1S/C18H16N4O3/c1-24-15-6-4-14(5-7-15)22-11-13(9-16(22)23)18-20-17(21-25-18)12-3-2-8-19-10-12/h2-8,10,13H,9,11H2,1H3/t13-/m0/s1. The Morgan fingerprint density at radius 2 is 2.08 bits per heavy atom. The zero-order chi connectivity index (χ0) is 17.2. The molecular weight excluding hydrogens is 320 g/mol. The van der Waals surface area contributed by atoms with Crippen LogP contribution in [0.15, 0.2) is 53.3 Å². The molecule has 0 radical (unpaired) electrons. The molecule has 0 bridgehead atoms. The minimum Gasteiger partial charge on any atom is -0.497 e. The molecule has 3 heterocycles. The van der Waals surface area contributed by atoms with Crippen LogP contribution in [0.3, 0.4) is 0 Å². The number of hydrogen-bond donors (Lipinski definition) is 0. The van der Waals surface area contributed by atoms with Gasteiger partial charge in [-0.25, -0.2) is 0 Å². The van der Waals surface area contributed by atoms with Gasteiger partial charge in [0.05, 0.1) is 13.0 Å². The van der Waals surface area contributed by atoms with Crippen molar-refractivity contribution in [3.63, 3.8) is 0 Å². The second-order valence-electron chi connectivity index (χ2n) is 5.80. The number of aromatic nitrogens is 3. The molecule has 0 aliphatic carbocycles. The topological polar surface area (TPSA) is 81.3 Å². The molecule has 2 aromatic heterocycles. The number of carbonyl (C=O) groups is 1. The summed E-state index contributed by atoms with van der Waals surface area (Å²) in [7, 11) is 1.61. The van der Waals surface area contributed by atoms with E-state index in [2.05, 4.69) is 15.1 Å². The molecule has 3 aromatic rings. The van der Waals surface area contributed by atoms with E-state index in [-0.39, 0.29) is 11.8 Å². The van der Waals surface area contributed by atoms with Crippen LogP contribution in [0, 0.1) is 0 Å². The van der Waals surface area contributed by atoms with Crippen LogP contribution < -0.4 is 9.64 Å². The fraction of sp³-hybridized carbons (Fsp3) is 0.222. The molecule has 0 N–H and O–H groups in total. The van der Waals surface area contributed by atoms with Crippen molar-refractivity contribution < 1.29 is 14.1 Å². The number of benzene rings is 1. The van der Waals surface area contributed by atoms with Crippen molar-refractivity contribution in [2.24, 2.45) is 0 Å². The highest BCUT2D eigenvalue weighted by atomic mass is 16.5. The van der Waals surface area contributed by atoms with Gasteiger partial charge in [0.2, 0.25) is 17.6 Å². The quantitative estimate of drug-likeness (QED) is 0.728. The van der Waals surface area contributed by atoms with Crippen LogP contribution in [0.1, 0.15) is 18.2 Å². The van der Waals surface area contributed by atoms with Gasteiger partial charge >= 0.3 is 0 Å². The molecule has 7 heteroatoms. The van der Waals surface area contributed by atoms with E-state index in [1.807, 2.05) is 36.4 Å². The first kappa shape index (κ1) is 15.3. The Morgan fingerprint density at radius 1 is 1.24 bits per heavy atom. The number of pyridine rings is 1. The number of rotatable bonds is 4. The first-order valence-corrected chi connectivity index (χ1v) is 7.93. The van der Waals surface area contributed by atoms with Gasteiger partial charge in [0.1, 0.15) is 5.75 Å². The van der Waals surface area contributed by atoms with Crippen molar-refractivity contribution in [3.05, 3.63) is 54.7 Å². The van der Waals surface area contributed by atoms with Crippen molar-refractivity contribution in [2.75, 3.05) is 18.6 Å². The fourth-order valence-electron chi connectivity index (χ4n) is 2.90. The van der Waals surface area contributed by atoms with Gasteiger partial charge in [-0.15, -0.1) is 0 Å². The number of methoxy groups -OCH3 is 1. The predicted octanol–water partition coefficient (Wildman–Crippen LogP) is 2.66. The lowest BCUT2D eigenvalue weighted by atomic mass is 10.1. The van der Waals surface area contributed by atoms with Crippen molar-refractivity contribution in [1.29, 1.82) is 0 Å². The third-order valence-electron chi connectivity index (χ3n) is 4.22. The Balaban J connectivity index is 1.53. The highest BCUT2D eigenvalue weighted by molar-refractivity contribution is 5.96. The summed E-state index contributed by atoms with van der Waals surface area (Å²) >= 11 is 0. The molecule has 126 valence electrons. The fourth-order valence-corrected chi connectivity index (χ4v) is 2.90. The number of hydrogen-bond acceptors (Lipinski definition) is 6. The zero-order valence-electron chi connectivity index (χ0n) is 13.6. The van der Waals surface area contributed by atoms with E-state index in [1.165, 1.54) is 0 Å². The Bertz CT molecular complexity index is 877. The molecule has 1 amide bonds. The third kappa shape index (κ3) is 2.96. The lowest BCUT2D eigenvalue weighted by molar-refractivity contribution is -0.117. The molecule has 0 spiro atoms. The summed E-state index contributed by atoms with van der Waals surface area (Å²) in [5.74, 6) is 1.63. The van der Waals surface area contributed by atoms with Crippen LogP contribution in [-0.2, 0) is 4.79 Å². The van der Waals surface area contributed by atoms with E-state index in [0.29, 0.717) is 24.7 Å². The molecular formula is C18H16N4O3. The summed E-state index contributed by atoms with van der Waals surface area (Å²) in [6.45, 7) is 0.514. The van der Waals surface area contributed by atoms with Gasteiger partial charge in [-0.3, -0.25) is 9.78 Å². The zero-order valence-corrected chi connectivity index (χ0v) is 13.6. The first-order chi connectivity index (χ1) is 12.2. The lowest BCUT2D eigenvalue weighted by Gasteiger charge is -2.16. The van der Waals surface area contributed by atoms with Crippen molar-refractivity contribution in [3.8, 4) is 17.1 Å². The monoisotopic (exact) mass is 336 g/mol. The second-order valence-corrected chi connectivity index (χ2v) is 5.80. The van der Waals surface area contributed by atoms with Gasteiger partial charge in [-0.2, -0.15) is 4.98 Å². The Hall–Kier alpha value is -3.22. The summed E-state index contributed by atoms with van der Waals surface area (Å²) in [6.07, 6.45) is 3.71. The van der Waals surface area contributed by atoms with Crippen LogP contribution in [0.4, 0.5) is 5.69 Å². The number of anilines is 1. The highest BCUT2D eigenvalue weighted by Crippen LogP contribution is 2.32. The van der Waals surface area contributed by atoms with Gasteiger partial charge < -0.3 is 14.2 Å². The predicted molar refractivity (Wildman–Crippen MR) is 90.2 cm³/mol. The van der Waals surface area contributed by atoms with E-state index in [9.17, 15) is 4.79 Å². The van der Waals surface area contributed by atoms with Gasteiger partial charge in [-0.05, 0) is 36.4 Å². The van der Waals surface area contributed by atoms with Crippen molar-refractivity contribution >= 4 is 11.6 Å². The summed E-state index contributed by atoms with van der Waals surface area (Å²) in [5.41, 5.74) is 1.62. The Morgan fingerprint density at radius 3 is 2.80 bits per heavy atom. The molecule has 25 heavy (non-hydrogen) atoms. The van der Waals surface area contributed by atoms with Crippen LogP contribution in [-0.4, -0.2) is 34.7 Å². The minimum absolute atomic E-state index is 0.0382. The lowest BCUT2D eigenvalue weighted by Crippen LogP contribution is -2.24. The molecule has 7 nitrogen and oxygen atoms in total. The molecule has 1 aliphatic rings. The Labute approximate surface area is 144 Å². The van der Waals surface area contributed by atoms with E-state index in [0.717, 1.165) is 17.0 Å². The summed E-state index contributed by atoms with van der Waals surface area (Å²) in [6, 6.07) is 11.1. The molecule has 1 fully saturated rings. The molecule has 1 aromatic carbocycles. The van der Waals surface area contributed by atoms with E-state index >= 15 is 0 Å². The van der Waals surface area contributed by atoms with Gasteiger partial charge in [0, 0.05) is 36.6 Å². The average Bonchev–Trinajstić information content (AvgIpc) is 3.29. The molecule has 4 rings (SSSR count). The summed E-state index contributed by atoms with van der Waals surface area (Å²) < 4.78 is 10.5. The van der Waals surface area contributed by atoms with Crippen molar-refractivity contribution in [2.45, 2.75) is 12.3 Å². The maximum absolute atomic E-state index is 12.4. The van der Waals surface area contributed by atoms with E-state index in [4.69, 9.17) is 9.26 Å². The molecule has 0 unspecified atom stereocenters. The Kier molecular flexibility index (Phi) is 3.89. The highest BCUT2D eigenvalue weighted by Gasteiger charge is 2.35. The summed E-state index contributed by atoms with van der Waals surface area (Å²) in [5, 5.41) is 4.00. The van der Waals surface area contributed by atoms with Crippen LogP contribution in [0.25, 0.3) is 11.4 Å². The van der Waals surface area contributed by atoms with Crippen LogP contribution in [0.5, 0.6) is 5.75 Å². The number of nitrogens with zero attached hydrogens (tertiary/aromatic N) is 4. The second kappa shape index (κ2) is 6.35. The van der Waals surface area contributed by atoms with Gasteiger partial charge in [0.15, 0.2) is 0 Å². The molecule has 1 saturated heterocycles. The normalized spacial score (nSPS) is 17.1. The SMILES string of the molecule is COc1ccc(N2C[C@@H](c3nc(-c4cccnc4)no3)CC2=O)cc1. The van der Waals surface area contributed by atoms with Crippen LogP contribution in [0.2, 0.25) is 0 Å². The third-order valence-corrected chi connectivity index (χ3v) is 4.22. The van der Waals surface area contributed by atoms with E-state index < -0.39 is 0 Å². The van der Waals surface area contributed by atoms with E-state index in [1.54, 1.807) is 24.4 Å². The number of ether oxygens (including phenoxy) is 1. The van der Waals surface area contributed by atoms with Gasteiger partial charge in [-0.1, -0.05) is 5.16 Å². The minimum atomic E-state index is -0.118.